The molecule has 0 amide bonds. The molecule has 29 heavy (non-hydrogen) atoms. The van der Waals surface area contributed by atoms with Gasteiger partial charge in [-0.05, 0) is 30.3 Å². The molecule has 148 valence electrons. The van der Waals surface area contributed by atoms with Crippen molar-refractivity contribution in [3.05, 3.63) is 54.6 Å². The van der Waals surface area contributed by atoms with Gasteiger partial charge in [0.05, 0.1) is 38.1 Å². The van der Waals surface area contributed by atoms with Gasteiger partial charge < -0.3 is 24.4 Å². The molecule has 4 aromatic rings. The topological polar surface area (TPSA) is 86.0 Å². The van der Waals surface area contributed by atoms with Crippen molar-refractivity contribution in [2.75, 3.05) is 21.3 Å². The van der Waals surface area contributed by atoms with Gasteiger partial charge in [-0.2, -0.15) is 0 Å². The molecule has 3 aromatic carbocycles. The molecule has 0 aliphatic carbocycles. The third-order valence-corrected chi connectivity index (χ3v) is 4.70. The van der Waals surface area contributed by atoms with Crippen LogP contribution in [0, 0.1) is 0 Å². The molecule has 0 saturated heterocycles. The Morgan fingerprint density at radius 1 is 0.793 bits per heavy atom. The lowest BCUT2D eigenvalue weighted by molar-refractivity contribution is 0.324. The van der Waals surface area contributed by atoms with E-state index >= 15 is 0 Å². The summed E-state index contributed by atoms with van der Waals surface area (Å²) in [5.41, 5.74) is 3.04. The van der Waals surface area contributed by atoms with E-state index in [2.05, 4.69) is 0 Å². The van der Waals surface area contributed by atoms with Crippen LogP contribution < -0.4 is 14.2 Å². The summed E-state index contributed by atoms with van der Waals surface area (Å²) in [4.78, 5) is 4.74. The van der Waals surface area contributed by atoms with E-state index in [1.54, 1.807) is 27.4 Å². The number of ether oxygens (including phenoxy) is 3. The minimum absolute atomic E-state index is 0.191. The van der Waals surface area contributed by atoms with Crippen molar-refractivity contribution in [3.8, 4) is 45.8 Å². The van der Waals surface area contributed by atoms with Crippen LogP contribution in [-0.4, -0.2) is 41.1 Å². The number of aromatic nitrogens is 2. The summed E-state index contributed by atoms with van der Waals surface area (Å²) >= 11 is 0. The largest absolute Gasteiger partial charge is 0.504 e. The van der Waals surface area contributed by atoms with Crippen LogP contribution in [0.2, 0.25) is 0 Å². The van der Waals surface area contributed by atoms with E-state index in [-0.39, 0.29) is 11.5 Å². The molecule has 7 heteroatoms. The Hall–Kier alpha value is -3.87. The van der Waals surface area contributed by atoms with E-state index in [0.717, 1.165) is 16.7 Å². The van der Waals surface area contributed by atoms with Gasteiger partial charge in [0.2, 0.25) is 5.75 Å². The van der Waals surface area contributed by atoms with Crippen molar-refractivity contribution in [1.29, 1.82) is 0 Å². The van der Waals surface area contributed by atoms with Crippen LogP contribution in [0.15, 0.2) is 54.6 Å². The number of benzene rings is 3. The van der Waals surface area contributed by atoms with Crippen LogP contribution >= 0.6 is 0 Å². The smallest absolute Gasteiger partial charge is 0.203 e. The number of fused-ring (bicyclic) bond motifs is 1. The number of hydrogen-bond donors (Lipinski definition) is 2. The van der Waals surface area contributed by atoms with E-state index < -0.39 is 0 Å². The number of methoxy groups -OCH3 is 3. The Morgan fingerprint density at radius 2 is 1.48 bits per heavy atom. The van der Waals surface area contributed by atoms with Crippen LogP contribution in [-0.2, 0) is 0 Å². The molecule has 0 fully saturated rings. The van der Waals surface area contributed by atoms with Crippen molar-refractivity contribution < 1.29 is 24.4 Å². The molecule has 1 heterocycles. The second kappa shape index (κ2) is 7.27. The zero-order chi connectivity index (χ0) is 20.5. The Balaban J connectivity index is 2.04. The van der Waals surface area contributed by atoms with Gasteiger partial charge in [0.25, 0.3) is 0 Å². The zero-order valence-electron chi connectivity index (χ0n) is 16.2. The summed E-state index contributed by atoms with van der Waals surface area (Å²) in [7, 11) is 4.68. The van der Waals surface area contributed by atoms with Gasteiger partial charge in [-0.1, -0.05) is 12.1 Å². The van der Waals surface area contributed by atoms with Gasteiger partial charge in [-0.25, -0.2) is 4.98 Å². The minimum Gasteiger partial charge on any atom is -0.504 e. The number of phenols is 2. The fraction of sp³-hybridized carbons (Fsp3) is 0.136. The third-order valence-electron chi connectivity index (χ3n) is 4.70. The van der Waals surface area contributed by atoms with Crippen LogP contribution in [0.1, 0.15) is 0 Å². The van der Waals surface area contributed by atoms with Gasteiger partial charge in [0.15, 0.2) is 23.0 Å². The molecule has 0 bridgehead atoms. The monoisotopic (exact) mass is 392 g/mol. The number of nitrogens with zero attached hydrogens (tertiary/aromatic N) is 2. The molecule has 1 aromatic heterocycles. The minimum atomic E-state index is -0.217. The quantitative estimate of drug-likeness (QED) is 0.497. The maximum Gasteiger partial charge on any atom is 0.203 e. The summed E-state index contributed by atoms with van der Waals surface area (Å²) in [5.74, 6) is 1.70. The number of aromatic hydroxyl groups is 2. The Bertz CT molecular complexity index is 1170. The van der Waals surface area contributed by atoms with Gasteiger partial charge in [0.1, 0.15) is 5.82 Å². The number of rotatable bonds is 5. The average Bonchev–Trinajstić information content (AvgIpc) is 3.14. The number of imidazole rings is 1. The molecule has 0 atom stereocenters. The Morgan fingerprint density at radius 3 is 2.10 bits per heavy atom. The van der Waals surface area contributed by atoms with Crippen molar-refractivity contribution in [3.63, 3.8) is 0 Å². The molecule has 0 aliphatic heterocycles. The normalized spacial score (nSPS) is 10.9. The maximum atomic E-state index is 9.99. The summed E-state index contributed by atoms with van der Waals surface area (Å²) in [5, 5.41) is 19.7. The van der Waals surface area contributed by atoms with Crippen LogP contribution in [0.3, 0.4) is 0 Å². The van der Waals surface area contributed by atoms with E-state index in [9.17, 15) is 10.2 Å². The van der Waals surface area contributed by atoms with Crippen LogP contribution in [0.4, 0.5) is 0 Å². The van der Waals surface area contributed by atoms with E-state index in [0.29, 0.717) is 28.6 Å². The first kappa shape index (κ1) is 18.5. The molecule has 7 nitrogen and oxygen atoms in total. The lowest BCUT2D eigenvalue weighted by Crippen LogP contribution is -2.01. The number of hydrogen-bond acceptors (Lipinski definition) is 6. The van der Waals surface area contributed by atoms with Crippen molar-refractivity contribution >= 4 is 11.0 Å². The van der Waals surface area contributed by atoms with E-state index in [1.807, 2.05) is 41.0 Å². The highest BCUT2D eigenvalue weighted by molar-refractivity contribution is 5.84. The molecule has 4 rings (SSSR count). The third kappa shape index (κ3) is 3.06. The fourth-order valence-corrected chi connectivity index (χ4v) is 3.34. The van der Waals surface area contributed by atoms with Gasteiger partial charge in [0, 0.05) is 17.7 Å². The molecular formula is C22H20N2O5. The molecule has 0 spiro atoms. The molecule has 0 saturated carbocycles. The van der Waals surface area contributed by atoms with E-state index in [1.165, 1.54) is 12.1 Å². The summed E-state index contributed by atoms with van der Waals surface area (Å²) in [6.45, 7) is 0. The molecule has 0 unspecified atom stereocenters. The first-order valence-electron chi connectivity index (χ1n) is 8.87. The molecular weight excluding hydrogens is 372 g/mol. The predicted octanol–water partition coefficient (Wildman–Crippen LogP) is 4.13. The lowest BCUT2D eigenvalue weighted by Gasteiger charge is -2.16. The molecule has 0 radical (unpaired) electrons. The van der Waals surface area contributed by atoms with Gasteiger partial charge in [-0.15, -0.1) is 0 Å². The predicted molar refractivity (Wildman–Crippen MR) is 109 cm³/mol. The van der Waals surface area contributed by atoms with E-state index in [4.69, 9.17) is 19.2 Å². The van der Waals surface area contributed by atoms with Gasteiger partial charge in [-0.3, -0.25) is 4.57 Å². The highest BCUT2D eigenvalue weighted by Crippen LogP contribution is 2.41. The average molecular weight is 392 g/mol. The highest BCUT2D eigenvalue weighted by Gasteiger charge is 2.19. The summed E-state index contributed by atoms with van der Waals surface area (Å²) < 4.78 is 18.4. The first-order chi connectivity index (χ1) is 14.1. The maximum absolute atomic E-state index is 9.99. The number of para-hydroxylation sites is 2. The summed E-state index contributed by atoms with van der Waals surface area (Å²) in [6, 6.07) is 16.0. The van der Waals surface area contributed by atoms with Crippen molar-refractivity contribution in [1.82, 2.24) is 9.55 Å². The van der Waals surface area contributed by atoms with Gasteiger partial charge >= 0.3 is 0 Å². The Labute approximate surface area is 167 Å². The molecule has 0 aliphatic rings. The summed E-state index contributed by atoms with van der Waals surface area (Å²) in [6.07, 6.45) is 0. The highest BCUT2D eigenvalue weighted by atomic mass is 16.5. The SMILES string of the molecule is COc1cc(-n2c(-c3ccc(O)c(O)c3)nc3ccccc32)cc(OC)c1OC. The fourth-order valence-electron chi connectivity index (χ4n) is 3.34. The van der Waals surface area contributed by atoms with Crippen LogP contribution in [0.5, 0.6) is 28.7 Å². The standard InChI is InChI=1S/C22H20N2O5/c1-27-19-11-14(12-20(28-2)21(19)29-3)24-16-7-5-4-6-15(16)23-22(24)13-8-9-17(25)18(26)10-13/h4-12,25-26H,1-3H3. The Kier molecular flexibility index (Phi) is 4.64. The first-order valence-corrected chi connectivity index (χ1v) is 8.87. The lowest BCUT2D eigenvalue weighted by atomic mass is 10.1. The zero-order valence-corrected chi connectivity index (χ0v) is 16.2. The second-order valence-electron chi connectivity index (χ2n) is 6.35. The van der Waals surface area contributed by atoms with Crippen molar-refractivity contribution in [2.24, 2.45) is 0 Å². The van der Waals surface area contributed by atoms with Crippen LogP contribution in [0.25, 0.3) is 28.1 Å². The second-order valence-corrected chi connectivity index (χ2v) is 6.35. The van der Waals surface area contributed by atoms with Crippen molar-refractivity contribution in [2.45, 2.75) is 0 Å². The number of phenolic OH excluding ortho intramolecular Hbond substituents is 2. The molecule has 2 N–H and O–H groups in total.